The predicted molar refractivity (Wildman–Crippen MR) is 81.0 cm³/mol. The number of alkyl halides is 3. The highest BCUT2D eigenvalue weighted by Gasteiger charge is 2.38. The van der Waals surface area contributed by atoms with Gasteiger partial charge < -0.3 is 32.1 Å². The second-order valence-corrected chi connectivity index (χ2v) is 5.08. The molecule has 0 spiro atoms. The predicted octanol–water partition coefficient (Wildman–Crippen LogP) is -0.490. The fourth-order valence-electron chi connectivity index (χ4n) is 1.34. The second-order valence-electron chi connectivity index (χ2n) is 5.08. The van der Waals surface area contributed by atoms with Gasteiger partial charge in [0.25, 0.3) is 0 Å². The molecule has 0 bridgehead atoms. The molecule has 2 atom stereocenters. The van der Waals surface area contributed by atoms with Gasteiger partial charge >= 0.3 is 24.1 Å². The lowest BCUT2D eigenvalue weighted by Crippen LogP contribution is -2.33. The zero-order chi connectivity index (χ0) is 20.9. The first-order valence-corrected chi connectivity index (χ1v) is 7.32. The number of halogens is 3. The number of aliphatic carboxylic acids is 3. The molecule has 0 aromatic carbocycles. The Bertz CT molecular complexity index is 486. The van der Waals surface area contributed by atoms with Crippen molar-refractivity contribution in [3.05, 3.63) is 0 Å². The number of unbranched alkanes of at least 4 members (excludes halogenated alkanes) is 1. The molecule has 0 saturated heterocycles. The molecule has 0 aliphatic heterocycles. The summed E-state index contributed by atoms with van der Waals surface area (Å²) < 4.78 is 31.7. The van der Waals surface area contributed by atoms with Crippen LogP contribution in [-0.2, 0) is 19.2 Å². The van der Waals surface area contributed by atoms with Gasteiger partial charge in [-0.25, -0.2) is 4.79 Å². The number of nitrogens with one attached hydrogen (secondary N) is 1. The van der Waals surface area contributed by atoms with E-state index in [1.54, 1.807) is 0 Å². The van der Waals surface area contributed by atoms with Crippen molar-refractivity contribution in [1.82, 2.24) is 5.32 Å². The Morgan fingerprint density at radius 2 is 1.31 bits per heavy atom. The molecule has 8 N–H and O–H groups in total. The van der Waals surface area contributed by atoms with Crippen LogP contribution >= 0.6 is 0 Å². The van der Waals surface area contributed by atoms with Gasteiger partial charge in [0.2, 0.25) is 5.91 Å². The summed E-state index contributed by atoms with van der Waals surface area (Å²) >= 11 is 0. The largest absolute Gasteiger partial charge is 0.490 e. The van der Waals surface area contributed by atoms with Crippen molar-refractivity contribution >= 4 is 23.8 Å². The van der Waals surface area contributed by atoms with E-state index in [9.17, 15) is 27.6 Å². The molecule has 1 amide bonds. The SMILES string of the molecule is N[C@@H](CCCCNC(=O)CC[C@H](N)C(=O)O)C(=O)O.O=C(O)C(F)(F)F. The third-order valence-electron chi connectivity index (χ3n) is 2.82. The smallest absolute Gasteiger partial charge is 0.480 e. The minimum Gasteiger partial charge on any atom is -0.480 e. The maximum Gasteiger partial charge on any atom is 0.490 e. The molecular formula is C13H22F3N3O7. The van der Waals surface area contributed by atoms with E-state index >= 15 is 0 Å². The Morgan fingerprint density at radius 1 is 0.885 bits per heavy atom. The molecule has 0 heterocycles. The van der Waals surface area contributed by atoms with Crippen LogP contribution in [0.3, 0.4) is 0 Å². The minimum atomic E-state index is -5.08. The van der Waals surface area contributed by atoms with Gasteiger partial charge in [-0.05, 0) is 25.7 Å². The summed E-state index contributed by atoms with van der Waals surface area (Å²) in [5.41, 5.74) is 10.6. The minimum absolute atomic E-state index is 0.0576. The third kappa shape index (κ3) is 15.1. The van der Waals surface area contributed by atoms with Crippen LogP contribution in [0.25, 0.3) is 0 Å². The zero-order valence-corrected chi connectivity index (χ0v) is 13.7. The van der Waals surface area contributed by atoms with Crippen molar-refractivity contribution in [1.29, 1.82) is 0 Å². The first-order valence-electron chi connectivity index (χ1n) is 7.32. The highest BCUT2D eigenvalue weighted by molar-refractivity contribution is 5.78. The number of amides is 1. The standard InChI is InChI=1S/C11H21N3O5.C2HF3O2/c12-7(10(16)17)3-1-2-6-14-9(15)5-4-8(13)11(18)19;3-2(4,5)1(6)7/h7-8H,1-6,12-13H2,(H,14,15)(H,16,17)(H,18,19);(H,6,7)/t7-,8-;/m0./s1. The first-order chi connectivity index (χ1) is 11.8. The van der Waals surface area contributed by atoms with Crippen molar-refractivity contribution in [2.45, 2.75) is 50.4 Å². The maximum atomic E-state index is 11.3. The van der Waals surface area contributed by atoms with E-state index in [2.05, 4.69) is 5.32 Å². The van der Waals surface area contributed by atoms with Gasteiger partial charge in [0.05, 0.1) is 0 Å². The normalized spacial score (nSPS) is 13.0. The summed E-state index contributed by atoms with van der Waals surface area (Å²) in [5, 5.41) is 26.8. The molecule has 0 saturated carbocycles. The molecule has 0 rings (SSSR count). The quantitative estimate of drug-likeness (QED) is 0.267. The summed E-state index contributed by atoms with van der Waals surface area (Å²) in [6, 6.07) is -1.90. The Balaban J connectivity index is 0. The number of carbonyl (C=O) groups excluding carboxylic acids is 1. The molecule has 0 aliphatic carbocycles. The number of nitrogens with two attached hydrogens (primary N) is 2. The van der Waals surface area contributed by atoms with Crippen molar-refractivity contribution in [2.24, 2.45) is 11.5 Å². The Kier molecular flexibility index (Phi) is 12.8. The summed E-state index contributed by atoms with van der Waals surface area (Å²) in [5.74, 6) is -5.19. The fraction of sp³-hybridized carbons (Fsp3) is 0.692. The number of carbonyl (C=O) groups is 4. The van der Waals surface area contributed by atoms with E-state index in [-0.39, 0.29) is 18.7 Å². The fourth-order valence-corrected chi connectivity index (χ4v) is 1.34. The molecule has 0 fully saturated rings. The van der Waals surface area contributed by atoms with E-state index < -0.39 is 36.2 Å². The molecule has 26 heavy (non-hydrogen) atoms. The van der Waals surface area contributed by atoms with Crippen LogP contribution in [-0.4, -0.2) is 63.9 Å². The molecule has 0 unspecified atom stereocenters. The average Bonchev–Trinajstić information content (AvgIpc) is 2.51. The second kappa shape index (κ2) is 12.9. The van der Waals surface area contributed by atoms with Crippen LogP contribution in [0.15, 0.2) is 0 Å². The van der Waals surface area contributed by atoms with E-state index in [1.807, 2.05) is 0 Å². The van der Waals surface area contributed by atoms with Gasteiger partial charge in [0.1, 0.15) is 12.1 Å². The van der Waals surface area contributed by atoms with Crippen LogP contribution in [0.5, 0.6) is 0 Å². The molecule has 10 nitrogen and oxygen atoms in total. The van der Waals surface area contributed by atoms with E-state index in [0.717, 1.165) is 0 Å². The lowest BCUT2D eigenvalue weighted by Gasteiger charge is -2.08. The number of rotatable bonds is 10. The summed E-state index contributed by atoms with van der Waals surface area (Å²) in [4.78, 5) is 41.0. The van der Waals surface area contributed by atoms with E-state index in [4.69, 9.17) is 31.6 Å². The number of hydrogen-bond donors (Lipinski definition) is 6. The topological polar surface area (TPSA) is 193 Å². The van der Waals surface area contributed by atoms with E-state index in [1.165, 1.54) is 0 Å². The molecule has 0 radical (unpaired) electrons. The summed E-state index contributed by atoms with van der Waals surface area (Å²) in [7, 11) is 0. The van der Waals surface area contributed by atoms with Crippen molar-refractivity contribution in [3.8, 4) is 0 Å². The van der Waals surface area contributed by atoms with Gasteiger partial charge in [-0.15, -0.1) is 0 Å². The zero-order valence-electron chi connectivity index (χ0n) is 13.7. The van der Waals surface area contributed by atoms with Gasteiger partial charge in [0, 0.05) is 13.0 Å². The lowest BCUT2D eigenvalue weighted by molar-refractivity contribution is -0.192. The van der Waals surface area contributed by atoms with Crippen LogP contribution in [0.2, 0.25) is 0 Å². The number of carboxylic acids is 3. The van der Waals surface area contributed by atoms with Gasteiger partial charge in [-0.3, -0.25) is 14.4 Å². The van der Waals surface area contributed by atoms with E-state index in [0.29, 0.717) is 25.8 Å². The average molecular weight is 389 g/mol. The van der Waals surface area contributed by atoms with Crippen LogP contribution in [0.1, 0.15) is 32.1 Å². The van der Waals surface area contributed by atoms with Crippen molar-refractivity contribution in [3.63, 3.8) is 0 Å². The number of hydrogen-bond acceptors (Lipinski definition) is 6. The monoisotopic (exact) mass is 389 g/mol. The van der Waals surface area contributed by atoms with Crippen molar-refractivity contribution in [2.75, 3.05) is 6.54 Å². The van der Waals surface area contributed by atoms with Gasteiger partial charge in [-0.1, -0.05) is 0 Å². The molecule has 0 aliphatic rings. The Labute approximate surface area is 146 Å². The summed E-state index contributed by atoms with van der Waals surface area (Å²) in [6.45, 7) is 0.410. The van der Waals surface area contributed by atoms with Crippen LogP contribution in [0.4, 0.5) is 13.2 Å². The summed E-state index contributed by atoms with van der Waals surface area (Å²) in [6.07, 6.45) is -3.36. The molecule has 152 valence electrons. The van der Waals surface area contributed by atoms with Crippen LogP contribution in [0, 0.1) is 0 Å². The number of carboxylic acid groups (broad SMARTS) is 3. The highest BCUT2D eigenvalue weighted by Crippen LogP contribution is 2.13. The Hall–Kier alpha value is -2.41. The Morgan fingerprint density at radius 3 is 1.69 bits per heavy atom. The molecule has 13 heteroatoms. The van der Waals surface area contributed by atoms with Crippen molar-refractivity contribution < 1.29 is 47.7 Å². The first kappa shape index (κ1) is 25.8. The molecular weight excluding hydrogens is 367 g/mol. The lowest BCUT2D eigenvalue weighted by atomic mass is 10.1. The maximum absolute atomic E-state index is 11.3. The van der Waals surface area contributed by atoms with Crippen LogP contribution < -0.4 is 16.8 Å². The van der Waals surface area contributed by atoms with Gasteiger partial charge in [-0.2, -0.15) is 13.2 Å². The third-order valence-corrected chi connectivity index (χ3v) is 2.82. The van der Waals surface area contributed by atoms with Gasteiger partial charge in [0.15, 0.2) is 0 Å². The highest BCUT2D eigenvalue weighted by atomic mass is 19.4. The molecule has 0 aromatic heterocycles. The molecule has 0 aromatic rings.